The third-order valence-electron chi connectivity index (χ3n) is 9.45. The van der Waals surface area contributed by atoms with Crippen LogP contribution in [0.25, 0.3) is 32.8 Å². The average molecular weight is 956 g/mol. The Kier molecular flexibility index (Phi) is 18.5. The maximum Gasteiger partial charge on any atom is 1.00 e. The predicted molar refractivity (Wildman–Crippen MR) is 233 cm³/mol. The molecule has 18 nitrogen and oxygen atoms in total. The van der Waals surface area contributed by atoms with E-state index >= 15 is 0 Å². The predicted octanol–water partition coefficient (Wildman–Crippen LogP) is -2.46. The second kappa shape index (κ2) is 22.6. The minimum Gasteiger partial charge on any atom is -0.745 e. The molecule has 0 atom stereocenters. The topological polar surface area (TPSA) is 295 Å². The molecule has 2 aromatic heterocycles. The van der Waals surface area contributed by atoms with E-state index in [0.29, 0.717) is 16.6 Å². The number of rotatable bonds is 12. The molecule has 0 radical (unpaired) electrons. The van der Waals surface area contributed by atoms with Gasteiger partial charge in [0, 0.05) is 33.1 Å². The van der Waals surface area contributed by atoms with Crippen LogP contribution in [-0.2, 0) is 30.4 Å². The van der Waals surface area contributed by atoms with Gasteiger partial charge in [0.15, 0.2) is 16.6 Å². The van der Waals surface area contributed by atoms with Gasteiger partial charge >= 0.3 is 75.4 Å². The summed E-state index contributed by atoms with van der Waals surface area (Å²) in [5.41, 5.74) is 1.77. The Morgan fingerprint density at radius 3 is 1.84 bits per heavy atom. The van der Waals surface area contributed by atoms with Gasteiger partial charge in [0.05, 0.1) is 15.4 Å². The maximum absolute atomic E-state index is 12.2. The van der Waals surface area contributed by atoms with Gasteiger partial charge in [-0.2, -0.15) is 10.4 Å². The van der Waals surface area contributed by atoms with Crippen LogP contribution in [0.4, 0.5) is 44.5 Å². The molecule has 0 saturated heterocycles. The molecule has 0 amide bonds. The summed E-state index contributed by atoms with van der Waals surface area (Å²) in [6, 6.07) is 35.0. The molecule has 0 aliphatic carbocycles. The van der Waals surface area contributed by atoms with Gasteiger partial charge in [-0.3, -0.25) is 0 Å². The van der Waals surface area contributed by atoms with Gasteiger partial charge in [0.1, 0.15) is 47.8 Å². The molecule has 0 fully saturated rings. The standard InChI is InChI=1S/C42H28N9O9S4.4Li/c1-24-35(23-43)39(44-29-12-16-32(17-13-29)62(52,53)54)47-40(45-30-14-18-33(19-15-30)63(55,56)57)37(24)49-51-42-46-38(28-11-10-25-6-2-3-7-26(25)20-28)41(61-42)50-48-31-21-27-8-4-5-9-34(27)36(22-31)64(58,59)60;;;;/h2-7,9-22H,1H3,(H2,44,45,47)(H,52,53,54)(H,55,56,57)(H,58,59,60);;;;/q-1;4*+1/p-3. The minimum absolute atomic E-state index is 0. The minimum atomic E-state index is -4.91. The fourth-order valence-corrected chi connectivity index (χ4v) is 8.78. The van der Waals surface area contributed by atoms with E-state index in [-0.39, 0.29) is 136 Å². The number of fused-ring (bicyclic) bond motifs is 2. The third kappa shape index (κ3) is 12.6. The van der Waals surface area contributed by atoms with Crippen molar-refractivity contribution in [2.75, 3.05) is 10.6 Å². The van der Waals surface area contributed by atoms with E-state index in [0.717, 1.165) is 52.4 Å². The van der Waals surface area contributed by atoms with Crippen molar-refractivity contribution in [2.45, 2.75) is 21.6 Å². The quantitative estimate of drug-likeness (QED) is 0.0556. The van der Waals surface area contributed by atoms with Crippen molar-refractivity contribution in [2.24, 2.45) is 20.5 Å². The van der Waals surface area contributed by atoms with Crippen LogP contribution in [0.1, 0.15) is 11.1 Å². The molecule has 2 heterocycles. The number of benzene rings is 6. The van der Waals surface area contributed by atoms with Crippen LogP contribution in [0.2, 0.25) is 0 Å². The number of azo groups is 2. The molecule has 0 aliphatic rings. The Labute approximate surface area is 441 Å². The van der Waals surface area contributed by atoms with E-state index in [2.05, 4.69) is 48.2 Å². The molecule has 2 N–H and O–H groups in total. The van der Waals surface area contributed by atoms with E-state index < -0.39 is 45.0 Å². The van der Waals surface area contributed by atoms with Crippen LogP contribution < -0.4 is 86.1 Å². The van der Waals surface area contributed by atoms with Crippen LogP contribution in [-0.4, -0.2) is 48.9 Å². The van der Waals surface area contributed by atoms with E-state index in [1.54, 1.807) is 19.1 Å². The number of nitriles is 1. The van der Waals surface area contributed by atoms with Crippen molar-refractivity contribution < 1.29 is 114 Å². The molecule has 0 bridgehead atoms. The van der Waals surface area contributed by atoms with Crippen LogP contribution in [0.3, 0.4) is 0 Å². The van der Waals surface area contributed by atoms with Gasteiger partial charge in [-0.15, -0.1) is 51.1 Å². The summed E-state index contributed by atoms with van der Waals surface area (Å²) in [6.45, 7) is 1.56. The number of pyridine rings is 1. The van der Waals surface area contributed by atoms with Gasteiger partial charge in [-0.25, -0.2) is 35.2 Å². The van der Waals surface area contributed by atoms with Crippen LogP contribution in [0, 0.1) is 24.3 Å². The van der Waals surface area contributed by atoms with E-state index in [4.69, 9.17) is 4.98 Å². The zero-order chi connectivity index (χ0) is 45.4. The number of hydrogen-bond donors (Lipinski definition) is 2. The third-order valence-corrected chi connectivity index (χ3v) is 12.8. The summed E-state index contributed by atoms with van der Waals surface area (Å²) in [5.74, 6) is -0.0320. The normalized spacial score (nSPS) is 11.6. The number of nitrogens with zero attached hydrogens (tertiary/aromatic N) is 7. The Bertz CT molecular complexity index is 3640. The van der Waals surface area contributed by atoms with Gasteiger partial charge in [0.2, 0.25) is 5.13 Å². The summed E-state index contributed by atoms with van der Waals surface area (Å²) in [4.78, 5) is 7.85. The first kappa shape index (κ1) is 55.6. The smallest absolute Gasteiger partial charge is 0.745 e. The molecule has 0 aliphatic heterocycles. The monoisotopic (exact) mass is 955 g/mol. The van der Waals surface area contributed by atoms with Crippen molar-refractivity contribution in [3.8, 4) is 17.3 Å². The molecular formula is C42H25Li4N9O9S4. The summed E-state index contributed by atoms with van der Waals surface area (Å²) < 4.78 is 106. The molecule has 320 valence electrons. The van der Waals surface area contributed by atoms with Crippen molar-refractivity contribution in [3.05, 3.63) is 139 Å². The molecule has 6 aromatic carbocycles. The van der Waals surface area contributed by atoms with Crippen LogP contribution >= 0.6 is 11.3 Å². The molecule has 68 heavy (non-hydrogen) atoms. The number of hydrogen-bond acceptors (Lipinski definition) is 19. The molecular weight excluding hydrogens is 931 g/mol. The summed E-state index contributed by atoms with van der Waals surface area (Å²) in [7, 11) is -14.4. The Morgan fingerprint density at radius 1 is 0.647 bits per heavy atom. The zero-order valence-electron chi connectivity index (χ0n) is 36.5. The number of nitrogens with one attached hydrogen (secondary N) is 2. The van der Waals surface area contributed by atoms with E-state index in [1.165, 1.54) is 36.4 Å². The van der Waals surface area contributed by atoms with E-state index in [1.807, 2.05) is 42.5 Å². The Balaban J connectivity index is 0.00000252. The number of thiazole rings is 1. The summed E-state index contributed by atoms with van der Waals surface area (Å²) in [6.07, 6.45) is 0. The second-order valence-corrected chi connectivity index (χ2v) is 18.7. The van der Waals surface area contributed by atoms with Gasteiger partial charge in [-0.1, -0.05) is 53.1 Å². The Hall–Kier alpha value is -4.97. The van der Waals surface area contributed by atoms with Crippen LogP contribution in [0.15, 0.2) is 156 Å². The molecule has 0 spiro atoms. The van der Waals surface area contributed by atoms with Gasteiger partial charge < -0.3 is 24.3 Å². The van der Waals surface area contributed by atoms with Gasteiger partial charge in [0.25, 0.3) is 0 Å². The number of aromatic nitrogens is 2. The van der Waals surface area contributed by atoms with Crippen molar-refractivity contribution >= 4 is 108 Å². The molecule has 0 unspecified atom stereocenters. The average Bonchev–Trinajstić information content (AvgIpc) is 3.67. The molecule has 26 heteroatoms. The van der Waals surface area contributed by atoms with Crippen LogP contribution in [0.5, 0.6) is 0 Å². The first-order valence-corrected chi connectivity index (χ1v) is 23.3. The fourth-order valence-electron chi connectivity index (χ4n) is 6.40. The van der Waals surface area contributed by atoms with Crippen molar-refractivity contribution in [3.63, 3.8) is 0 Å². The molecule has 8 aromatic rings. The Morgan fingerprint density at radius 2 is 1.25 bits per heavy atom. The maximum atomic E-state index is 12.2. The number of anilines is 4. The first-order valence-electron chi connectivity index (χ1n) is 18.3. The second-order valence-electron chi connectivity index (χ2n) is 13.6. The fraction of sp³-hybridized carbons (Fsp3) is 0.0238. The largest absolute Gasteiger partial charge is 1.00 e. The summed E-state index contributed by atoms with van der Waals surface area (Å²) in [5, 5.41) is 36.5. The molecule has 0 saturated carbocycles. The zero-order valence-corrected chi connectivity index (χ0v) is 39.8. The van der Waals surface area contributed by atoms with Crippen molar-refractivity contribution in [1.82, 2.24) is 9.97 Å². The van der Waals surface area contributed by atoms with E-state index in [9.17, 15) is 44.2 Å². The molecule has 8 rings (SSSR count). The first-order chi connectivity index (χ1) is 30.4. The van der Waals surface area contributed by atoms with Crippen molar-refractivity contribution in [1.29, 1.82) is 5.26 Å². The van der Waals surface area contributed by atoms with Gasteiger partial charge in [-0.05, 0) is 78.4 Å². The SMILES string of the molecule is Cc1c(C#N)c(Nc2ccc(S(=O)(=O)[O-])cc2)nc(Nc2ccc(S(=O)(=O)[O-])cc2)c1N=Nc1nc(-c2ccc3ccccc3c2)c(N=Nc2cc(S(=O)(=O)[O-])c3ccc[c-]c3c2)s1.[Li+].[Li+].[Li+].[Li+]. The summed E-state index contributed by atoms with van der Waals surface area (Å²) >= 11 is 0.959.